The highest BCUT2D eigenvalue weighted by atomic mass is 35.5. The van der Waals surface area contributed by atoms with Gasteiger partial charge in [0, 0.05) is 16.3 Å². The predicted octanol–water partition coefficient (Wildman–Crippen LogP) is 5.72. The summed E-state index contributed by atoms with van der Waals surface area (Å²) in [5, 5.41) is 21.4. The molecule has 1 fully saturated rings. The molecule has 1 amide bonds. The van der Waals surface area contributed by atoms with Gasteiger partial charge in [-0.25, -0.2) is 0 Å². The Labute approximate surface area is 200 Å². The first-order valence-electron chi connectivity index (χ1n) is 10.1. The van der Waals surface area contributed by atoms with Crippen LogP contribution in [0.5, 0.6) is 11.5 Å². The highest BCUT2D eigenvalue weighted by Gasteiger charge is 2.47. The third-order valence-corrected chi connectivity index (χ3v) is 5.79. The van der Waals surface area contributed by atoms with E-state index >= 15 is 0 Å². The lowest BCUT2D eigenvalue weighted by Crippen LogP contribution is -2.29. The highest BCUT2D eigenvalue weighted by molar-refractivity contribution is 6.52. The molecular weight excluding hydrogens is 465 g/mol. The number of ketones is 1. The van der Waals surface area contributed by atoms with Crippen molar-refractivity contribution < 1.29 is 24.5 Å². The van der Waals surface area contributed by atoms with Gasteiger partial charge in [-0.05, 0) is 67.1 Å². The SMILES string of the molecule is CCOc1ccc(/C(O)=C2/C(=O)C(=O)N(c3cccc(Cl)c3)C2c2ccc(O)c(Cl)c2)cc1. The summed E-state index contributed by atoms with van der Waals surface area (Å²) >= 11 is 12.3. The van der Waals surface area contributed by atoms with E-state index in [2.05, 4.69) is 0 Å². The number of phenols is 1. The number of halogens is 2. The summed E-state index contributed by atoms with van der Waals surface area (Å²) < 4.78 is 5.43. The van der Waals surface area contributed by atoms with Gasteiger partial charge in [-0.2, -0.15) is 0 Å². The van der Waals surface area contributed by atoms with Crippen LogP contribution < -0.4 is 9.64 Å². The molecule has 2 N–H and O–H groups in total. The van der Waals surface area contributed by atoms with Gasteiger partial charge in [-0.3, -0.25) is 14.5 Å². The molecule has 0 radical (unpaired) electrons. The second-order valence-electron chi connectivity index (χ2n) is 7.32. The van der Waals surface area contributed by atoms with Crippen molar-refractivity contribution in [2.24, 2.45) is 0 Å². The number of hydrogen-bond acceptors (Lipinski definition) is 5. The zero-order valence-corrected chi connectivity index (χ0v) is 19.0. The molecule has 1 atom stereocenters. The van der Waals surface area contributed by atoms with Crippen LogP contribution in [0.2, 0.25) is 10.0 Å². The monoisotopic (exact) mass is 483 g/mol. The van der Waals surface area contributed by atoms with Crippen molar-refractivity contribution in [2.45, 2.75) is 13.0 Å². The van der Waals surface area contributed by atoms with Gasteiger partial charge >= 0.3 is 0 Å². The maximum Gasteiger partial charge on any atom is 0.300 e. The van der Waals surface area contributed by atoms with Gasteiger partial charge in [0.15, 0.2) is 0 Å². The number of aromatic hydroxyl groups is 1. The minimum absolute atomic E-state index is 0.0465. The van der Waals surface area contributed by atoms with E-state index in [0.717, 1.165) is 0 Å². The normalized spacial score (nSPS) is 17.4. The Morgan fingerprint density at radius 2 is 1.76 bits per heavy atom. The molecule has 0 bridgehead atoms. The molecule has 8 heteroatoms. The molecule has 1 unspecified atom stereocenters. The number of amides is 1. The molecule has 6 nitrogen and oxygen atoms in total. The zero-order chi connectivity index (χ0) is 23.7. The fourth-order valence-corrected chi connectivity index (χ4v) is 4.14. The molecule has 1 heterocycles. The Morgan fingerprint density at radius 1 is 1.03 bits per heavy atom. The Kier molecular flexibility index (Phi) is 6.31. The lowest BCUT2D eigenvalue weighted by molar-refractivity contribution is -0.132. The summed E-state index contributed by atoms with van der Waals surface area (Å²) in [7, 11) is 0. The molecule has 33 heavy (non-hydrogen) atoms. The highest BCUT2D eigenvalue weighted by Crippen LogP contribution is 2.44. The number of ether oxygens (including phenoxy) is 1. The van der Waals surface area contributed by atoms with Crippen LogP contribution in [0.25, 0.3) is 5.76 Å². The number of aliphatic hydroxyl groups excluding tert-OH is 1. The molecule has 0 spiro atoms. The number of benzene rings is 3. The van der Waals surface area contributed by atoms with Crippen molar-refractivity contribution in [1.82, 2.24) is 0 Å². The zero-order valence-electron chi connectivity index (χ0n) is 17.5. The van der Waals surface area contributed by atoms with Gasteiger partial charge in [-0.1, -0.05) is 35.3 Å². The number of Topliss-reactive ketones (excluding diaryl/α,β-unsaturated/α-hetero) is 1. The molecule has 168 valence electrons. The first-order chi connectivity index (χ1) is 15.8. The summed E-state index contributed by atoms with van der Waals surface area (Å²) in [4.78, 5) is 27.5. The van der Waals surface area contributed by atoms with Gasteiger partial charge < -0.3 is 14.9 Å². The van der Waals surface area contributed by atoms with Gasteiger partial charge in [0.05, 0.1) is 23.2 Å². The predicted molar refractivity (Wildman–Crippen MR) is 127 cm³/mol. The van der Waals surface area contributed by atoms with Crippen LogP contribution in [0.1, 0.15) is 24.1 Å². The second-order valence-corrected chi connectivity index (χ2v) is 8.16. The summed E-state index contributed by atoms with van der Waals surface area (Å²) in [6.07, 6.45) is 0. The average Bonchev–Trinajstić information content (AvgIpc) is 3.06. The third-order valence-electron chi connectivity index (χ3n) is 5.26. The van der Waals surface area contributed by atoms with Gasteiger partial charge in [0.25, 0.3) is 11.7 Å². The lowest BCUT2D eigenvalue weighted by Gasteiger charge is -2.25. The van der Waals surface area contributed by atoms with E-state index < -0.39 is 17.7 Å². The number of phenolic OH excluding ortho intramolecular Hbond substituents is 1. The average molecular weight is 484 g/mol. The standard InChI is InChI=1S/C25H19Cl2NO5/c1-2-33-18-9-6-14(7-10-18)23(30)21-22(15-8-11-20(29)19(27)12-15)28(25(32)24(21)31)17-5-3-4-16(26)13-17/h3-13,22,29-30H,2H2,1H3/b23-21-. The van der Waals surface area contributed by atoms with Crippen LogP contribution in [0.4, 0.5) is 5.69 Å². The van der Waals surface area contributed by atoms with E-state index in [1.807, 2.05) is 6.92 Å². The Hall–Kier alpha value is -3.48. The molecule has 3 aromatic carbocycles. The van der Waals surface area contributed by atoms with E-state index in [9.17, 15) is 19.8 Å². The fourth-order valence-electron chi connectivity index (χ4n) is 3.76. The topological polar surface area (TPSA) is 87.1 Å². The minimum Gasteiger partial charge on any atom is -0.507 e. The molecule has 4 rings (SSSR count). The Bertz CT molecular complexity index is 1270. The van der Waals surface area contributed by atoms with E-state index in [0.29, 0.717) is 34.2 Å². The summed E-state index contributed by atoms with van der Waals surface area (Å²) in [6.45, 7) is 2.34. The molecule has 3 aromatic rings. The maximum atomic E-state index is 13.1. The third kappa shape index (κ3) is 4.27. The smallest absolute Gasteiger partial charge is 0.300 e. The van der Waals surface area contributed by atoms with Crippen LogP contribution in [0.3, 0.4) is 0 Å². The molecule has 0 aromatic heterocycles. The van der Waals surface area contributed by atoms with E-state index in [-0.39, 0.29) is 22.1 Å². The number of aliphatic hydroxyl groups is 1. The molecule has 1 aliphatic heterocycles. The van der Waals surface area contributed by atoms with Crippen LogP contribution in [-0.4, -0.2) is 28.5 Å². The van der Waals surface area contributed by atoms with Crippen LogP contribution in [0, 0.1) is 0 Å². The summed E-state index contributed by atoms with van der Waals surface area (Å²) in [6, 6.07) is 16.4. The number of anilines is 1. The minimum atomic E-state index is -0.992. The van der Waals surface area contributed by atoms with Gasteiger partial charge in [0.1, 0.15) is 17.3 Å². The van der Waals surface area contributed by atoms with Crippen molar-refractivity contribution in [1.29, 1.82) is 0 Å². The molecule has 1 saturated heterocycles. The van der Waals surface area contributed by atoms with E-state index in [1.165, 1.54) is 17.0 Å². The summed E-state index contributed by atoms with van der Waals surface area (Å²) in [5.74, 6) is -1.55. The lowest BCUT2D eigenvalue weighted by atomic mass is 9.95. The Morgan fingerprint density at radius 3 is 2.39 bits per heavy atom. The quantitative estimate of drug-likeness (QED) is 0.275. The van der Waals surface area contributed by atoms with Crippen molar-refractivity contribution in [3.63, 3.8) is 0 Å². The maximum absolute atomic E-state index is 13.1. The number of carbonyl (C=O) groups is 2. The first kappa shape index (κ1) is 22.7. The van der Waals surface area contributed by atoms with Crippen molar-refractivity contribution in [2.75, 3.05) is 11.5 Å². The number of nitrogens with zero attached hydrogens (tertiary/aromatic N) is 1. The van der Waals surface area contributed by atoms with Crippen LogP contribution in [-0.2, 0) is 9.59 Å². The second kappa shape index (κ2) is 9.17. The molecule has 0 aliphatic carbocycles. The van der Waals surface area contributed by atoms with Crippen molar-refractivity contribution >= 4 is 46.3 Å². The van der Waals surface area contributed by atoms with Crippen molar-refractivity contribution in [3.8, 4) is 11.5 Å². The van der Waals surface area contributed by atoms with E-state index in [1.54, 1.807) is 54.6 Å². The van der Waals surface area contributed by atoms with Crippen LogP contribution >= 0.6 is 23.2 Å². The van der Waals surface area contributed by atoms with E-state index in [4.69, 9.17) is 27.9 Å². The number of rotatable bonds is 5. The van der Waals surface area contributed by atoms with Gasteiger partial charge in [0.2, 0.25) is 0 Å². The molecule has 1 aliphatic rings. The Balaban J connectivity index is 1.91. The first-order valence-corrected chi connectivity index (χ1v) is 10.9. The van der Waals surface area contributed by atoms with Crippen molar-refractivity contribution in [3.05, 3.63) is 93.5 Å². The van der Waals surface area contributed by atoms with Crippen LogP contribution in [0.15, 0.2) is 72.3 Å². The molecule has 0 saturated carbocycles. The summed E-state index contributed by atoms with van der Waals surface area (Å²) in [5.41, 5.74) is 1.05. The largest absolute Gasteiger partial charge is 0.507 e. The van der Waals surface area contributed by atoms with Gasteiger partial charge in [-0.15, -0.1) is 0 Å². The number of carbonyl (C=O) groups excluding carboxylic acids is 2. The fraction of sp³-hybridized carbons (Fsp3) is 0.120. The molecular formula is C25H19Cl2NO5. The number of hydrogen-bond donors (Lipinski definition) is 2.